The lowest BCUT2D eigenvalue weighted by Gasteiger charge is -2.06. The average Bonchev–Trinajstić information content (AvgIpc) is 3.02. The molecule has 0 spiro atoms. The van der Waals surface area contributed by atoms with Crippen LogP contribution in [-0.4, -0.2) is 28.2 Å². The summed E-state index contributed by atoms with van der Waals surface area (Å²) in [7, 11) is 0. The van der Waals surface area contributed by atoms with E-state index in [0.717, 1.165) is 41.5 Å². The Hall–Kier alpha value is -1.14. The highest BCUT2D eigenvalue weighted by Crippen LogP contribution is 2.40. The summed E-state index contributed by atoms with van der Waals surface area (Å²) in [5.41, 5.74) is 1.42. The number of nitrogens with one attached hydrogen (secondary N) is 1. The third-order valence-corrected chi connectivity index (χ3v) is 5.72. The summed E-state index contributed by atoms with van der Waals surface area (Å²) in [6.45, 7) is 4.72. The molecular formula is C15H19N3OS2. The number of hydrogen-bond donors (Lipinski definition) is 1. The molecule has 2 heterocycles. The summed E-state index contributed by atoms with van der Waals surface area (Å²) in [4.78, 5) is 23.5. The first-order chi connectivity index (χ1) is 10.2. The average molecular weight is 321 g/mol. The van der Waals surface area contributed by atoms with Crippen molar-refractivity contribution in [3.63, 3.8) is 0 Å². The Morgan fingerprint density at radius 1 is 1.38 bits per heavy atom. The third kappa shape index (κ3) is 3.06. The molecule has 1 amide bonds. The van der Waals surface area contributed by atoms with Crippen LogP contribution in [0.25, 0.3) is 10.2 Å². The van der Waals surface area contributed by atoms with Crippen molar-refractivity contribution in [2.24, 2.45) is 0 Å². The molecule has 0 saturated carbocycles. The monoisotopic (exact) mass is 321 g/mol. The van der Waals surface area contributed by atoms with Crippen molar-refractivity contribution in [1.29, 1.82) is 0 Å². The second-order valence-corrected chi connectivity index (χ2v) is 7.30. The number of fused-ring (bicyclic) bond motifs is 3. The number of nitrogens with zero attached hydrogens (tertiary/aromatic N) is 2. The Labute approximate surface area is 132 Å². The molecule has 0 bridgehead atoms. The SMILES string of the molecule is CCCNC(=O)CSc1nc(C)nc2sc3c(c12)CCC3. The molecule has 1 aliphatic carbocycles. The molecule has 21 heavy (non-hydrogen) atoms. The predicted molar refractivity (Wildman–Crippen MR) is 88.2 cm³/mol. The highest BCUT2D eigenvalue weighted by atomic mass is 32.2. The van der Waals surface area contributed by atoms with E-state index in [-0.39, 0.29) is 5.91 Å². The molecule has 1 aliphatic rings. The van der Waals surface area contributed by atoms with Crippen molar-refractivity contribution in [3.05, 3.63) is 16.3 Å². The maximum Gasteiger partial charge on any atom is 0.230 e. The fourth-order valence-corrected chi connectivity index (χ4v) is 4.92. The first kappa shape index (κ1) is 14.8. The molecule has 6 heteroatoms. The van der Waals surface area contributed by atoms with Gasteiger partial charge in [0.05, 0.1) is 5.75 Å². The molecule has 0 atom stereocenters. The van der Waals surface area contributed by atoms with Gasteiger partial charge in [-0.25, -0.2) is 9.97 Å². The Morgan fingerprint density at radius 2 is 2.24 bits per heavy atom. The van der Waals surface area contributed by atoms with Crippen LogP contribution in [0.15, 0.2) is 5.03 Å². The standard InChI is InChI=1S/C15H19N3OS2/c1-3-7-16-12(19)8-20-14-13-10-5-4-6-11(10)21-15(13)18-9(2)17-14/h3-8H2,1-2H3,(H,16,19). The maximum atomic E-state index is 11.8. The van der Waals surface area contributed by atoms with Crippen LogP contribution in [-0.2, 0) is 17.6 Å². The third-order valence-electron chi connectivity index (χ3n) is 3.56. The second kappa shape index (κ2) is 6.32. The van der Waals surface area contributed by atoms with Crippen molar-refractivity contribution in [1.82, 2.24) is 15.3 Å². The van der Waals surface area contributed by atoms with Crippen molar-refractivity contribution in [3.8, 4) is 0 Å². The molecule has 2 aromatic rings. The predicted octanol–water partition coefficient (Wildman–Crippen LogP) is 3.11. The van der Waals surface area contributed by atoms with Crippen molar-refractivity contribution in [2.45, 2.75) is 44.6 Å². The van der Waals surface area contributed by atoms with Gasteiger partial charge in [-0.2, -0.15) is 0 Å². The molecule has 0 aromatic carbocycles. The largest absolute Gasteiger partial charge is 0.355 e. The first-order valence-electron chi connectivity index (χ1n) is 7.37. The number of carbonyl (C=O) groups is 1. The van der Waals surface area contributed by atoms with Gasteiger partial charge in [0.25, 0.3) is 0 Å². The number of rotatable bonds is 5. The molecule has 0 saturated heterocycles. The normalized spacial score (nSPS) is 13.6. The van der Waals surface area contributed by atoms with Crippen LogP contribution in [0, 0.1) is 6.92 Å². The molecule has 0 radical (unpaired) electrons. The molecule has 2 aromatic heterocycles. The zero-order chi connectivity index (χ0) is 14.8. The summed E-state index contributed by atoms with van der Waals surface area (Å²) in [6, 6.07) is 0. The molecule has 112 valence electrons. The number of hydrogen-bond acceptors (Lipinski definition) is 5. The minimum atomic E-state index is 0.0816. The van der Waals surface area contributed by atoms with Crippen molar-refractivity contribution < 1.29 is 4.79 Å². The lowest BCUT2D eigenvalue weighted by atomic mass is 10.2. The van der Waals surface area contributed by atoms with Crippen LogP contribution in [0.2, 0.25) is 0 Å². The number of thiophene rings is 1. The lowest BCUT2D eigenvalue weighted by molar-refractivity contribution is -0.118. The molecule has 0 fully saturated rings. The van der Waals surface area contributed by atoms with E-state index >= 15 is 0 Å². The van der Waals surface area contributed by atoms with Gasteiger partial charge in [0.1, 0.15) is 15.7 Å². The summed E-state index contributed by atoms with van der Waals surface area (Å²) >= 11 is 3.33. The van der Waals surface area contributed by atoms with E-state index in [2.05, 4.69) is 22.2 Å². The minimum Gasteiger partial charge on any atom is -0.355 e. The van der Waals surface area contributed by atoms with Crippen LogP contribution in [0.5, 0.6) is 0 Å². The summed E-state index contributed by atoms with van der Waals surface area (Å²) < 4.78 is 0. The van der Waals surface area contributed by atoms with Crippen molar-refractivity contribution >= 4 is 39.2 Å². The van der Waals surface area contributed by atoms with Crippen LogP contribution < -0.4 is 5.32 Å². The van der Waals surface area contributed by atoms with Gasteiger partial charge in [-0.3, -0.25) is 4.79 Å². The lowest BCUT2D eigenvalue weighted by Crippen LogP contribution is -2.25. The van der Waals surface area contributed by atoms with E-state index in [1.807, 2.05) is 6.92 Å². The highest BCUT2D eigenvalue weighted by Gasteiger charge is 2.22. The van der Waals surface area contributed by atoms with Gasteiger partial charge in [-0.05, 0) is 38.2 Å². The van der Waals surface area contributed by atoms with Gasteiger partial charge >= 0.3 is 0 Å². The Bertz CT molecular complexity index is 681. The summed E-state index contributed by atoms with van der Waals surface area (Å²) in [6.07, 6.45) is 4.48. The molecular weight excluding hydrogens is 302 g/mol. The molecule has 1 N–H and O–H groups in total. The van der Waals surface area contributed by atoms with Crippen molar-refractivity contribution in [2.75, 3.05) is 12.3 Å². The number of aryl methyl sites for hydroxylation is 3. The molecule has 3 rings (SSSR count). The van der Waals surface area contributed by atoms with Crippen LogP contribution in [0.4, 0.5) is 0 Å². The van der Waals surface area contributed by atoms with Crippen LogP contribution in [0.3, 0.4) is 0 Å². The Kier molecular flexibility index (Phi) is 4.45. The highest BCUT2D eigenvalue weighted by molar-refractivity contribution is 8.00. The Morgan fingerprint density at radius 3 is 3.05 bits per heavy atom. The number of aromatic nitrogens is 2. The maximum absolute atomic E-state index is 11.8. The smallest absolute Gasteiger partial charge is 0.230 e. The quantitative estimate of drug-likeness (QED) is 0.679. The number of amides is 1. The van der Waals surface area contributed by atoms with Crippen LogP contribution >= 0.6 is 23.1 Å². The topological polar surface area (TPSA) is 54.9 Å². The fraction of sp³-hybridized carbons (Fsp3) is 0.533. The molecule has 4 nitrogen and oxygen atoms in total. The minimum absolute atomic E-state index is 0.0816. The van der Waals surface area contributed by atoms with E-state index in [0.29, 0.717) is 5.75 Å². The second-order valence-electron chi connectivity index (χ2n) is 5.25. The van der Waals surface area contributed by atoms with E-state index in [4.69, 9.17) is 0 Å². The van der Waals surface area contributed by atoms with Gasteiger partial charge in [0.15, 0.2) is 0 Å². The summed E-state index contributed by atoms with van der Waals surface area (Å²) in [5, 5.41) is 5.09. The first-order valence-corrected chi connectivity index (χ1v) is 9.17. The van der Waals surface area contributed by atoms with E-state index in [9.17, 15) is 4.79 Å². The van der Waals surface area contributed by atoms with Gasteiger partial charge in [0, 0.05) is 16.8 Å². The number of thioether (sulfide) groups is 1. The molecule has 0 unspecified atom stereocenters. The molecule has 0 aliphatic heterocycles. The van der Waals surface area contributed by atoms with Gasteiger partial charge < -0.3 is 5.32 Å². The summed E-state index contributed by atoms with van der Waals surface area (Å²) in [5.74, 6) is 1.30. The van der Waals surface area contributed by atoms with E-state index < -0.39 is 0 Å². The fourth-order valence-electron chi connectivity index (χ4n) is 2.62. The van der Waals surface area contributed by atoms with Crippen LogP contribution in [0.1, 0.15) is 36.0 Å². The number of carbonyl (C=O) groups excluding carboxylic acids is 1. The van der Waals surface area contributed by atoms with E-state index in [1.54, 1.807) is 11.3 Å². The van der Waals surface area contributed by atoms with Gasteiger partial charge in [-0.1, -0.05) is 18.7 Å². The van der Waals surface area contributed by atoms with Gasteiger partial charge in [-0.15, -0.1) is 11.3 Å². The van der Waals surface area contributed by atoms with E-state index in [1.165, 1.54) is 34.0 Å². The zero-order valence-electron chi connectivity index (χ0n) is 12.4. The van der Waals surface area contributed by atoms with Gasteiger partial charge in [0.2, 0.25) is 5.91 Å². The zero-order valence-corrected chi connectivity index (χ0v) is 14.0. The Balaban J connectivity index is 1.85.